The second kappa shape index (κ2) is 9.06. The van der Waals surface area contributed by atoms with Crippen LogP contribution in [0.25, 0.3) is 0 Å². The molecule has 6 heteroatoms. The molecule has 2 aromatic carbocycles. The molecule has 2 unspecified atom stereocenters. The zero-order chi connectivity index (χ0) is 20.1. The summed E-state index contributed by atoms with van der Waals surface area (Å²) in [7, 11) is 0. The minimum absolute atomic E-state index is 0.0338. The first kappa shape index (κ1) is 20.1. The molecular formula is C22H25FO5. The van der Waals surface area contributed by atoms with Crippen molar-refractivity contribution in [1.29, 1.82) is 0 Å². The van der Waals surface area contributed by atoms with Crippen molar-refractivity contribution in [3.8, 4) is 11.5 Å². The summed E-state index contributed by atoms with van der Waals surface area (Å²) in [6.07, 6.45) is -0.119. The standard InChI is InChI=1S/C22H25FO5/c1-14-9-15(2)22(27-13-20-11-18(24)12-21(25)28-20)16(10-14)7-8-26-19-5-3-17(23)4-6-19/h3-6,9-10,18,20,24H,7-8,11-13H2,1-2H3. The molecule has 1 N–H and O–H groups in total. The van der Waals surface area contributed by atoms with E-state index in [0.717, 1.165) is 22.4 Å². The van der Waals surface area contributed by atoms with Gasteiger partial charge in [-0.05, 0) is 49.2 Å². The Labute approximate surface area is 164 Å². The zero-order valence-electron chi connectivity index (χ0n) is 16.1. The van der Waals surface area contributed by atoms with Crippen LogP contribution in [0, 0.1) is 19.7 Å². The highest BCUT2D eigenvalue weighted by atomic mass is 19.1. The van der Waals surface area contributed by atoms with Crippen molar-refractivity contribution in [3.63, 3.8) is 0 Å². The molecule has 5 nitrogen and oxygen atoms in total. The van der Waals surface area contributed by atoms with Crippen molar-refractivity contribution in [2.45, 2.75) is 45.3 Å². The maximum atomic E-state index is 13.0. The van der Waals surface area contributed by atoms with Crippen LogP contribution in [0.5, 0.6) is 11.5 Å². The number of carbonyl (C=O) groups is 1. The quantitative estimate of drug-likeness (QED) is 0.736. The summed E-state index contributed by atoms with van der Waals surface area (Å²) >= 11 is 0. The third kappa shape index (κ3) is 5.45. The minimum atomic E-state index is -0.683. The molecule has 28 heavy (non-hydrogen) atoms. The van der Waals surface area contributed by atoms with Gasteiger partial charge in [0.15, 0.2) is 0 Å². The molecule has 0 aromatic heterocycles. The third-order valence-corrected chi connectivity index (χ3v) is 4.60. The van der Waals surface area contributed by atoms with Gasteiger partial charge in [0.05, 0.1) is 19.1 Å². The molecule has 0 spiro atoms. The van der Waals surface area contributed by atoms with Gasteiger partial charge in [-0.3, -0.25) is 4.79 Å². The number of hydrogen-bond donors (Lipinski definition) is 1. The molecule has 3 rings (SSSR count). The van der Waals surface area contributed by atoms with E-state index in [9.17, 15) is 14.3 Å². The molecule has 1 aliphatic rings. The Bertz CT molecular complexity index is 818. The number of aliphatic hydroxyl groups excluding tert-OH is 1. The minimum Gasteiger partial charge on any atom is -0.493 e. The van der Waals surface area contributed by atoms with E-state index in [1.54, 1.807) is 12.1 Å². The molecule has 0 amide bonds. The second-order valence-electron chi connectivity index (χ2n) is 7.14. The zero-order valence-corrected chi connectivity index (χ0v) is 16.1. The molecule has 1 saturated heterocycles. The van der Waals surface area contributed by atoms with Gasteiger partial charge in [-0.15, -0.1) is 0 Å². The number of rotatable bonds is 7. The van der Waals surface area contributed by atoms with Gasteiger partial charge in [0.2, 0.25) is 0 Å². The Morgan fingerprint density at radius 2 is 1.93 bits per heavy atom. The Morgan fingerprint density at radius 1 is 1.18 bits per heavy atom. The first-order valence-corrected chi connectivity index (χ1v) is 9.39. The van der Waals surface area contributed by atoms with E-state index in [2.05, 4.69) is 0 Å². The highest BCUT2D eigenvalue weighted by molar-refractivity contribution is 5.71. The van der Waals surface area contributed by atoms with E-state index < -0.39 is 18.2 Å². The van der Waals surface area contributed by atoms with E-state index >= 15 is 0 Å². The fraction of sp³-hybridized carbons (Fsp3) is 0.409. The van der Waals surface area contributed by atoms with Crippen LogP contribution >= 0.6 is 0 Å². The Kier molecular flexibility index (Phi) is 6.52. The van der Waals surface area contributed by atoms with Crippen molar-refractivity contribution in [3.05, 3.63) is 58.9 Å². The molecule has 150 valence electrons. The lowest BCUT2D eigenvalue weighted by Crippen LogP contribution is -2.36. The summed E-state index contributed by atoms with van der Waals surface area (Å²) in [5.41, 5.74) is 3.09. The topological polar surface area (TPSA) is 65.0 Å². The number of aliphatic hydroxyl groups is 1. The van der Waals surface area contributed by atoms with Gasteiger partial charge in [0.25, 0.3) is 0 Å². The normalized spacial score (nSPS) is 19.2. The first-order valence-electron chi connectivity index (χ1n) is 9.39. The van der Waals surface area contributed by atoms with E-state index in [1.807, 2.05) is 26.0 Å². The van der Waals surface area contributed by atoms with Gasteiger partial charge in [0.1, 0.15) is 30.0 Å². The highest BCUT2D eigenvalue weighted by Gasteiger charge is 2.28. The van der Waals surface area contributed by atoms with E-state index in [1.165, 1.54) is 12.1 Å². The average molecular weight is 388 g/mol. The number of esters is 1. The highest BCUT2D eigenvalue weighted by Crippen LogP contribution is 2.27. The van der Waals surface area contributed by atoms with Crippen LogP contribution in [0.15, 0.2) is 36.4 Å². The summed E-state index contributed by atoms with van der Waals surface area (Å²) in [5.74, 6) is 0.646. The summed E-state index contributed by atoms with van der Waals surface area (Å²) < 4.78 is 29.9. The summed E-state index contributed by atoms with van der Waals surface area (Å²) in [5, 5.41) is 9.74. The average Bonchev–Trinajstić information content (AvgIpc) is 2.62. The molecule has 2 atom stereocenters. The number of hydrogen-bond acceptors (Lipinski definition) is 5. The molecular weight excluding hydrogens is 363 g/mol. The SMILES string of the molecule is Cc1cc(C)c(OCC2CC(O)CC(=O)O2)c(CCOc2ccc(F)cc2)c1. The van der Waals surface area contributed by atoms with Crippen LogP contribution in [0.2, 0.25) is 0 Å². The molecule has 0 radical (unpaired) electrons. The Balaban J connectivity index is 1.63. The molecule has 0 aliphatic carbocycles. The molecule has 0 bridgehead atoms. The smallest absolute Gasteiger partial charge is 0.308 e. The van der Waals surface area contributed by atoms with E-state index in [0.29, 0.717) is 25.2 Å². The van der Waals surface area contributed by atoms with Gasteiger partial charge in [-0.1, -0.05) is 17.7 Å². The number of carbonyl (C=O) groups excluding carboxylic acids is 1. The predicted molar refractivity (Wildman–Crippen MR) is 102 cm³/mol. The summed E-state index contributed by atoms with van der Waals surface area (Å²) in [4.78, 5) is 11.5. The van der Waals surface area contributed by atoms with Gasteiger partial charge in [-0.25, -0.2) is 4.39 Å². The van der Waals surface area contributed by atoms with Gasteiger partial charge < -0.3 is 19.3 Å². The molecule has 1 aliphatic heterocycles. The van der Waals surface area contributed by atoms with Crippen LogP contribution in [0.3, 0.4) is 0 Å². The monoisotopic (exact) mass is 388 g/mol. The predicted octanol–water partition coefficient (Wildman–Crippen LogP) is 3.51. The number of aryl methyl sites for hydroxylation is 2. The van der Waals surface area contributed by atoms with Crippen LogP contribution in [0.1, 0.15) is 29.5 Å². The van der Waals surface area contributed by atoms with E-state index in [4.69, 9.17) is 14.2 Å². The van der Waals surface area contributed by atoms with Crippen molar-refractivity contribution in [2.24, 2.45) is 0 Å². The van der Waals surface area contributed by atoms with Crippen LogP contribution < -0.4 is 9.47 Å². The number of cyclic esters (lactones) is 1. The Morgan fingerprint density at radius 3 is 2.64 bits per heavy atom. The lowest BCUT2D eigenvalue weighted by atomic mass is 10.0. The summed E-state index contributed by atoms with van der Waals surface area (Å²) in [6, 6.07) is 9.98. The molecule has 1 fully saturated rings. The maximum absolute atomic E-state index is 13.0. The van der Waals surface area contributed by atoms with Gasteiger partial charge in [-0.2, -0.15) is 0 Å². The van der Waals surface area contributed by atoms with E-state index in [-0.39, 0.29) is 18.8 Å². The van der Waals surface area contributed by atoms with Crippen molar-refractivity contribution in [1.82, 2.24) is 0 Å². The largest absolute Gasteiger partial charge is 0.493 e. The van der Waals surface area contributed by atoms with Crippen molar-refractivity contribution in [2.75, 3.05) is 13.2 Å². The number of ether oxygens (including phenoxy) is 3. The number of benzene rings is 2. The first-order chi connectivity index (χ1) is 13.4. The second-order valence-corrected chi connectivity index (χ2v) is 7.14. The molecule has 1 heterocycles. The fourth-order valence-corrected chi connectivity index (χ4v) is 3.38. The summed E-state index contributed by atoms with van der Waals surface area (Å²) in [6.45, 7) is 4.59. The lowest BCUT2D eigenvalue weighted by Gasteiger charge is -2.26. The molecule has 0 saturated carbocycles. The lowest BCUT2D eigenvalue weighted by molar-refractivity contribution is -0.162. The fourth-order valence-electron chi connectivity index (χ4n) is 3.38. The van der Waals surface area contributed by atoms with Gasteiger partial charge >= 0.3 is 5.97 Å². The third-order valence-electron chi connectivity index (χ3n) is 4.60. The molecule has 2 aromatic rings. The van der Waals surface area contributed by atoms with Crippen molar-refractivity contribution < 1.29 is 28.5 Å². The van der Waals surface area contributed by atoms with Crippen LogP contribution in [-0.4, -0.2) is 36.5 Å². The maximum Gasteiger partial charge on any atom is 0.308 e. The van der Waals surface area contributed by atoms with Crippen molar-refractivity contribution >= 4 is 5.97 Å². The Hall–Kier alpha value is -2.60. The number of halogens is 1. The van der Waals surface area contributed by atoms with Crippen LogP contribution in [0.4, 0.5) is 4.39 Å². The van der Waals surface area contributed by atoms with Crippen LogP contribution in [-0.2, 0) is 16.0 Å². The van der Waals surface area contributed by atoms with Gasteiger partial charge in [0, 0.05) is 12.8 Å².